The van der Waals surface area contributed by atoms with Gasteiger partial charge in [-0.2, -0.15) is 0 Å². The van der Waals surface area contributed by atoms with Crippen molar-refractivity contribution in [3.63, 3.8) is 0 Å². The zero-order chi connectivity index (χ0) is 12.8. The van der Waals surface area contributed by atoms with E-state index in [9.17, 15) is 9.59 Å². The van der Waals surface area contributed by atoms with Crippen molar-refractivity contribution in [1.82, 2.24) is 5.32 Å². The normalized spacial score (nSPS) is 11.7. The molecule has 0 fully saturated rings. The first-order valence-electron chi connectivity index (χ1n) is 5.49. The van der Waals surface area contributed by atoms with Gasteiger partial charge in [0.15, 0.2) is 0 Å². The lowest BCUT2D eigenvalue weighted by Crippen LogP contribution is -2.32. The molecule has 0 spiro atoms. The molecule has 5 heteroatoms. The van der Waals surface area contributed by atoms with Crippen molar-refractivity contribution in [2.45, 2.75) is 19.9 Å². The molecule has 1 unspecified atom stereocenters. The molecule has 0 saturated heterocycles. The fourth-order valence-corrected chi connectivity index (χ4v) is 1.26. The third-order valence-corrected chi connectivity index (χ3v) is 2.14. The highest BCUT2D eigenvalue weighted by molar-refractivity contribution is 5.98. The molecule has 1 atom stereocenters. The van der Waals surface area contributed by atoms with Gasteiger partial charge in [-0.3, -0.25) is 9.59 Å². The maximum absolute atomic E-state index is 11.6. The van der Waals surface area contributed by atoms with Crippen LogP contribution in [0.4, 0.5) is 5.69 Å². The number of nitrogens with one attached hydrogen (secondary N) is 2. The average molecular weight is 235 g/mol. The second-order valence-corrected chi connectivity index (χ2v) is 3.72. The van der Waals surface area contributed by atoms with E-state index in [2.05, 4.69) is 10.6 Å². The van der Waals surface area contributed by atoms with Crippen LogP contribution in [0.1, 0.15) is 24.2 Å². The molecule has 17 heavy (non-hydrogen) atoms. The molecule has 1 aromatic carbocycles. The van der Waals surface area contributed by atoms with Crippen LogP contribution >= 0.6 is 0 Å². The Labute approximate surface area is 100 Å². The van der Waals surface area contributed by atoms with Crippen molar-refractivity contribution in [2.75, 3.05) is 11.9 Å². The van der Waals surface area contributed by atoms with Gasteiger partial charge < -0.3 is 16.4 Å². The largest absolute Gasteiger partial charge is 0.352 e. The van der Waals surface area contributed by atoms with E-state index < -0.39 is 6.04 Å². The van der Waals surface area contributed by atoms with Crippen LogP contribution in [0, 0.1) is 0 Å². The number of hydrogen-bond donors (Lipinski definition) is 3. The summed E-state index contributed by atoms with van der Waals surface area (Å²) in [5.74, 6) is -0.442. The molecule has 1 rings (SSSR count). The van der Waals surface area contributed by atoms with Crippen LogP contribution in [0.2, 0.25) is 0 Å². The van der Waals surface area contributed by atoms with Crippen molar-refractivity contribution in [3.05, 3.63) is 29.8 Å². The average Bonchev–Trinajstić information content (AvgIpc) is 2.29. The van der Waals surface area contributed by atoms with Crippen LogP contribution in [0.25, 0.3) is 0 Å². The molecule has 0 saturated carbocycles. The maximum Gasteiger partial charge on any atom is 0.251 e. The van der Waals surface area contributed by atoms with Gasteiger partial charge in [-0.1, -0.05) is 6.07 Å². The maximum atomic E-state index is 11.6. The Morgan fingerprint density at radius 1 is 1.41 bits per heavy atom. The Balaban J connectivity index is 2.79. The third kappa shape index (κ3) is 3.88. The number of hydrogen-bond acceptors (Lipinski definition) is 3. The van der Waals surface area contributed by atoms with Crippen molar-refractivity contribution in [2.24, 2.45) is 5.73 Å². The minimum absolute atomic E-state index is 0.163. The lowest BCUT2D eigenvalue weighted by Gasteiger charge is -2.09. The number of amides is 2. The van der Waals surface area contributed by atoms with Crippen LogP contribution in [-0.2, 0) is 4.79 Å². The standard InChI is InChI=1S/C12H17N3O2/c1-3-14-12(17)9-5-4-6-10(7-9)15-11(16)8(2)13/h4-8H,3,13H2,1-2H3,(H,14,17)(H,15,16). The van der Waals surface area contributed by atoms with E-state index in [1.165, 1.54) is 0 Å². The first-order chi connectivity index (χ1) is 8.04. The first kappa shape index (κ1) is 13.2. The van der Waals surface area contributed by atoms with Crippen molar-refractivity contribution in [3.8, 4) is 0 Å². The molecule has 5 nitrogen and oxygen atoms in total. The van der Waals surface area contributed by atoms with E-state index in [4.69, 9.17) is 5.73 Å². The molecule has 0 aliphatic rings. The van der Waals surface area contributed by atoms with Crippen LogP contribution in [0.3, 0.4) is 0 Å². The lowest BCUT2D eigenvalue weighted by molar-refractivity contribution is -0.117. The molecule has 1 aromatic rings. The second-order valence-electron chi connectivity index (χ2n) is 3.72. The van der Waals surface area contributed by atoms with Crippen molar-refractivity contribution < 1.29 is 9.59 Å². The highest BCUT2D eigenvalue weighted by Gasteiger charge is 2.09. The van der Waals surface area contributed by atoms with Gasteiger partial charge in [-0.25, -0.2) is 0 Å². The molecule has 0 heterocycles. The van der Waals surface area contributed by atoms with Gasteiger partial charge in [0.25, 0.3) is 5.91 Å². The molecular formula is C12H17N3O2. The van der Waals surface area contributed by atoms with E-state index >= 15 is 0 Å². The van der Waals surface area contributed by atoms with Crippen molar-refractivity contribution >= 4 is 17.5 Å². The summed E-state index contributed by atoms with van der Waals surface area (Å²) in [7, 11) is 0. The predicted octanol–water partition coefficient (Wildman–Crippen LogP) is 0.722. The zero-order valence-corrected chi connectivity index (χ0v) is 9.99. The number of rotatable bonds is 4. The van der Waals surface area contributed by atoms with E-state index in [-0.39, 0.29) is 11.8 Å². The van der Waals surface area contributed by atoms with Crippen LogP contribution in [-0.4, -0.2) is 24.4 Å². The van der Waals surface area contributed by atoms with Gasteiger partial charge in [-0.15, -0.1) is 0 Å². The smallest absolute Gasteiger partial charge is 0.251 e. The van der Waals surface area contributed by atoms with Gasteiger partial charge >= 0.3 is 0 Å². The summed E-state index contributed by atoms with van der Waals surface area (Å²) in [4.78, 5) is 23.0. The zero-order valence-electron chi connectivity index (χ0n) is 9.99. The van der Waals surface area contributed by atoms with Gasteiger partial charge in [0.2, 0.25) is 5.91 Å². The topological polar surface area (TPSA) is 84.2 Å². The molecular weight excluding hydrogens is 218 g/mol. The third-order valence-electron chi connectivity index (χ3n) is 2.14. The summed E-state index contributed by atoms with van der Waals surface area (Å²) in [5.41, 5.74) is 6.51. The summed E-state index contributed by atoms with van der Waals surface area (Å²) in [6.07, 6.45) is 0. The Bertz CT molecular complexity index is 416. The van der Waals surface area contributed by atoms with Gasteiger partial charge in [0.05, 0.1) is 6.04 Å². The SMILES string of the molecule is CCNC(=O)c1cccc(NC(=O)C(C)N)c1. The molecule has 4 N–H and O–H groups in total. The lowest BCUT2D eigenvalue weighted by atomic mass is 10.2. The molecule has 0 aliphatic carbocycles. The van der Waals surface area contributed by atoms with Gasteiger partial charge in [-0.05, 0) is 32.0 Å². The molecule has 0 aliphatic heterocycles. The van der Waals surface area contributed by atoms with E-state index in [0.29, 0.717) is 17.8 Å². The van der Waals surface area contributed by atoms with E-state index in [0.717, 1.165) is 0 Å². The summed E-state index contributed by atoms with van der Waals surface area (Å²) < 4.78 is 0. The quantitative estimate of drug-likeness (QED) is 0.719. The molecule has 92 valence electrons. The summed E-state index contributed by atoms with van der Waals surface area (Å²) in [6, 6.07) is 6.14. The number of carbonyl (C=O) groups is 2. The molecule has 0 bridgehead atoms. The van der Waals surface area contributed by atoms with E-state index in [1.54, 1.807) is 31.2 Å². The Kier molecular flexibility index (Phi) is 4.66. The van der Waals surface area contributed by atoms with Crippen molar-refractivity contribution in [1.29, 1.82) is 0 Å². The van der Waals surface area contributed by atoms with Gasteiger partial charge in [0, 0.05) is 17.8 Å². The van der Waals surface area contributed by atoms with Crippen LogP contribution in [0.15, 0.2) is 24.3 Å². The number of nitrogens with two attached hydrogens (primary N) is 1. The predicted molar refractivity (Wildman–Crippen MR) is 66.7 cm³/mol. The molecule has 2 amide bonds. The molecule has 0 radical (unpaired) electrons. The fourth-order valence-electron chi connectivity index (χ4n) is 1.26. The second kappa shape index (κ2) is 6.00. The monoisotopic (exact) mass is 235 g/mol. The highest BCUT2D eigenvalue weighted by atomic mass is 16.2. The molecule has 0 aromatic heterocycles. The van der Waals surface area contributed by atoms with Crippen LogP contribution in [0.5, 0.6) is 0 Å². The summed E-state index contributed by atoms with van der Waals surface area (Å²) in [5, 5.41) is 5.32. The van der Waals surface area contributed by atoms with E-state index in [1.807, 2.05) is 6.92 Å². The number of carbonyl (C=O) groups excluding carboxylic acids is 2. The minimum Gasteiger partial charge on any atom is -0.352 e. The van der Waals surface area contributed by atoms with Gasteiger partial charge in [0.1, 0.15) is 0 Å². The first-order valence-corrected chi connectivity index (χ1v) is 5.49. The number of benzene rings is 1. The Morgan fingerprint density at radius 2 is 2.12 bits per heavy atom. The Hall–Kier alpha value is -1.88. The summed E-state index contributed by atoms with van der Waals surface area (Å²) >= 11 is 0. The van der Waals surface area contributed by atoms with Crippen LogP contribution < -0.4 is 16.4 Å². The number of anilines is 1. The highest BCUT2D eigenvalue weighted by Crippen LogP contribution is 2.10. The fraction of sp³-hybridized carbons (Fsp3) is 0.333. The summed E-state index contributed by atoms with van der Waals surface area (Å²) in [6.45, 7) is 4.01. The minimum atomic E-state index is -0.580. The Morgan fingerprint density at radius 3 is 2.71 bits per heavy atom.